The Morgan fingerprint density at radius 2 is 2.17 bits per heavy atom. The SMILES string of the molecule is CC(C)ONN. The molecule has 0 fully saturated rings. The van der Waals surface area contributed by atoms with Crippen LogP contribution in [-0.4, -0.2) is 6.10 Å². The average Bonchev–Trinajstić information content (AvgIpc) is 1.35. The molecule has 0 rings (SSSR count). The molecule has 0 aliphatic heterocycles. The van der Waals surface area contributed by atoms with Crippen molar-refractivity contribution < 1.29 is 4.84 Å². The first-order valence-corrected chi connectivity index (χ1v) is 1.88. The molecular formula is C3H10N2O. The maximum absolute atomic E-state index is 4.76. The number of hydrogen-bond acceptors (Lipinski definition) is 3. The van der Waals surface area contributed by atoms with Crippen molar-refractivity contribution in [2.75, 3.05) is 0 Å². The number of nitrogens with one attached hydrogen (secondary N) is 1. The van der Waals surface area contributed by atoms with Crippen molar-refractivity contribution in [2.24, 2.45) is 5.84 Å². The summed E-state index contributed by atoms with van der Waals surface area (Å²) in [6.07, 6.45) is 0.162. The molecule has 0 radical (unpaired) electrons. The van der Waals surface area contributed by atoms with Crippen LogP contribution >= 0.6 is 0 Å². The van der Waals surface area contributed by atoms with Gasteiger partial charge in [0.15, 0.2) is 0 Å². The van der Waals surface area contributed by atoms with Gasteiger partial charge in [0, 0.05) is 0 Å². The van der Waals surface area contributed by atoms with Gasteiger partial charge in [0.05, 0.1) is 6.10 Å². The van der Waals surface area contributed by atoms with Crippen LogP contribution < -0.4 is 11.4 Å². The Balaban J connectivity index is 2.63. The molecular weight excluding hydrogens is 80.0 g/mol. The fourth-order valence-electron chi connectivity index (χ4n) is 0.136. The molecule has 0 saturated heterocycles. The maximum atomic E-state index is 4.76. The minimum absolute atomic E-state index is 0.162. The molecule has 6 heavy (non-hydrogen) atoms. The van der Waals surface area contributed by atoms with E-state index in [9.17, 15) is 0 Å². The standard InChI is InChI=1S/C3H10N2O/c1-3(2)6-5-4/h3,5H,4H2,1-2H3. The lowest BCUT2D eigenvalue weighted by molar-refractivity contribution is -0.00506. The normalized spacial score (nSPS) is 10.0. The van der Waals surface area contributed by atoms with E-state index in [0.717, 1.165) is 0 Å². The van der Waals surface area contributed by atoms with Gasteiger partial charge in [-0.2, -0.15) is 0 Å². The summed E-state index contributed by atoms with van der Waals surface area (Å²) in [5, 5.41) is 0. The van der Waals surface area contributed by atoms with E-state index in [1.165, 1.54) is 0 Å². The molecule has 0 aliphatic carbocycles. The third-order valence-electron chi connectivity index (χ3n) is 0.304. The molecule has 0 saturated carbocycles. The van der Waals surface area contributed by atoms with E-state index in [2.05, 4.69) is 10.4 Å². The van der Waals surface area contributed by atoms with Crippen LogP contribution in [0.2, 0.25) is 0 Å². The molecule has 0 unspecified atom stereocenters. The Morgan fingerprint density at radius 1 is 1.67 bits per heavy atom. The van der Waals surface area contributed by atoms with Gasteiger partial charge < -0.3 is 0 Å². The highest BCUT2D eigenvalue weighted by Gasteiger charge is 1.84. The van der Waals surface area contributed by atoms with Crippen LogP contribution in [-0.2, 0) is 4.84 Å². The van der Waals surface area contributed by atoms with Crippen molar-refractivity contribution in [1.29, 1.82) is 0 Å². The van der Waals surface area contributed by atoms with Crippen molar-refractivity contribution in [3.8, 4) is 0 Å². The highest BCUT2D eigenvalue weighted by atomic mass is 16.7. The lowest BCUT2D eigenvalue weighted by atomic mass is 10.5. The van der Waals surface area contributed by atoms with E-state index < -0.39 is 0 Å². The van der Waals surface area contributed by atoms with Gasteiger partial charge in [-0.1, -0.05) is 0 Å². The number of nitrogens with two attached hydrogens (primary N) is 1. The summed E-state index contributed by atoms with van der Waals surface area (Å²) in [5.41, 5.74) is 2.07. The van der Waals surface area contributed by atoms with Gasteiger partial charge in [-0.25, -0.2) is 5.84 Å². The molecule has 0 aromatic carbocycles. The molecule has 0 aromatic heterocycles. The first kappa shape index (κ1) is 5.88. The molecule has 0 bridgehead atoms. The first-order chi connectivity index (χ1) is 2.77. The molecule has 3 nitrogen and oxygen atoms in total. The number of hydrazine groups is 1. The van der Waals surface area contributed by atoms with E-state index >= 15 is 0 Å². The van der Waals surface area contributed by atoms with Gasteiger partial charge in [0.1, 0.15) is 0 Å². The number of rotatable bonds is 2. The average molecular weight is 90.1 g/mol. The highest BCUT2D eigenvalue weighted by Crippen LogP contribution is 1.77. The molecule has 0 aliphatic rings. The van der Waals surface area contributed by atoms with E-state index in [4.69, 9.17) is 5.84 Å². The van der Waals surface area contributed by atoms with Crippen LogP contribution in [0, 0.1) is 0 Å². The summed E-state index contributed by atoms with van der Waals surface area (Å²) in [6, 6.07) is 0. The van der Waals surface area contributed by atoms with Crippen LogP contribution in [0.25, 0.3) is 0 Å². The van der Waals surface area contributed by atoms with Gasteiger partial charge in [-0.3, -0.25) is 4.84 Å². The lowest BCUT2D eigenvalue weighted by Crippen LogP contribution is -2.25. The van der Waals surface area contributed by atoms with Gasteiger partial charge >= 0.3 is 0 Å². The highest BCUT2D eigenvalue weighted by molar-refractivity contribution is 4.26. The maximum Gasteiger partial charge on any atom is 0.0750 e. The Bertz CT molecular complexity index is 30.0. The third-order valence-corrected chi connectivity index (χ3v) is 0.304. The predicted octanol–water partition coefficient (Wildman–Crippen LogP) is -0.210. The Hall–Kier alpha value is -0.120. The van der Waals surface area contributed by atoms with Crippen LogP contribution in [0.1, 0.15) is 13.8 Å². The Kier molecular flexibility index (Phi) is 3.02. The van der Waals surface area contributed by atoms with Crippen LogP contribution in [0.5, 0.6) is 0 Å². The van der Waals surface area contributed by atoms with Crippen LogP contribution in [0.15, 0.2) is 0 Å². The van der Waals surface area contributed by atoms with Gasteiger partial charge in [0.2, 0.25) is 0 Å². The fourth-order valence-corrected chi connectivity index (χ4v) is 0.136. The molecule has 0 atom stereocenters. The van der Waals surface area contributed by atoms with Crippen LogP contribution in [0.3, 0.4) is 0 Å². The zero-order chi connectivity index (χ0) is 4.99. The molecule has 3 heteroatoms. The molecule has 0 aromatic rings. The molecule has 38 valence electrons. The third kappa shape index (κ3) is 3.88. The first-order valence-electron chi connectivity index (χ1n) is 1.88. The monoisotopic (exact) mass is 90.1 g/mol. The molecule has 0 heterocycles. The molecule has 0 spiro atoms. The van der Waals surface area contributed by atoms with Crippen molar-refractivity contribution in [3.05, 3.63) is 0 Å². The Labute approximate surface area is 37.4 Å². The Morgan fingerprint density at radius 3 is 2.17 bits per heavy atom. The minimum Gasteiger partial charge on any atom is -0.285 e. The minimum atomic E-state index is 0.162. The lowest BCUT2D eigenvalue weighted by Gasteiger charge is -2.00. The summed E-state index contributed by atoms with van der Waals surface area (Å²) in [6.45, 7) is 3.78. The van der Waals surface area contributed by atoms with Crippen molar-refractivity contribution in [1.82, 2.24) is 5.59 Å². The second kappa shape index (κ2) is 3.08. The zero-order valence-corrected chi connectivity index (χ0v) is 4.06. The van der Waals surface area contributed by atoms with Crippen molar-refractivity contribution in [3.63, 3.8) is 0 Å². The van der Waals surface area contributed by atoms with Gasteiger partial charge in [-0.15, -0.1) is 5.59 Å². The topological polar surface area (TPSA) is 47.3 Å². The summed E-state index contributed by atoms with van der Waals surface area (Å²) in [4.78, 5) is 4.57. The molecule has 3 N–H and O–H groups in total. The second-order valence-electron chi connectivity index (χ2n) is 1.28. The summed E-state index contributed by atoms with van der Waals surface area (Å²) < 4.78 is 0. The fraction of sp³-hybridized carbons (Fsp3) is 1.00. The second-order valence-corrected chi connectivity index (χ2v) is 1.28. The quantitative estimate of drug-likeness (QED) is 0.364. The molecule has 0 amide bonds. The van der Waals surface area contributed by atoms with Gasteiger partial charge in [0.25, 0.3) is 0 Å². The van der Waals surface area contributed by atoms with Crippen molar-refractivity contribution in [2.45, 2.75) is 20.0 Å². The summed E-state index contributed by atoms with van der Waals surface area (Å²) in [5.74, 6) is 4.76. The summed E-state index contributed by atoms with van der Waals surface area (Å²) in [7, 11) is 0. The van der Waals surface area contributed by atoms with E-state index in [1.54, 1.807) is 0 Å². The smallest absolute Gasteiger partial charge is 0.0750 e. The zero-order valence-electron chi connectivity index (χ0n) is 4.06. The predicted molar refractivity (Wildman–Crippen MR) is 23.5 cm³/mol. The van der Waals surface area contributed by atoms with E-state index in [-0.39, 0.29) is 6.10 Å². The largest absolute Gasteiger partial charge is 0.285 e. The van der Waals surface area contributed by atoms with E-state index in [1.807, 2.05) is 13.8 Å². The van der Waals surface area contributed by atoms with Gasteiger partial charge in [-0.05, 0) is 13.8 Å². The summed E-state index contributed by atoms with van der Waals surface area (Å²) >= 11 is 0. The van der Waals surface area contributed by atoms with Crippen molar-refractivity contribution >= 4 is 0 Å². The van der Waals surface area contributed by atoms with Crippen LogP contribution in [0.4, 0.5) is 0 Å². The number of hydrogen-bond donors (Lipinski definition) is 2. The van der Waals surface area contributed by atoms with E-state index in [0.29, 0.717) is 0 Å².